The highest BCUT2D eigenvalue weighted by Gasteiger charge is 2.35. The fourth-order valence-corrected chi connectivity index (χ4v) is 3.86. The molecule has 4 rings (SSSR count). The molecule has 0 fully saturated rings. The molecule has 7 nitrogen and oxygen atoms in total. The summed E-state index contributed by atoms with van der Waals surface area (Å²) in [4.78, 5) is 33.2. The number of hydrogen-bond acceptors (Lipinski definition) is 5. The fraction of sp³-hybridized carbons (Fsp3) is 0.207. The van der Waals surface area contributed by atoms with Gasteiger partial charge < -0.3 is 14.5 Å². The van der Waals surface area contributed by atoms with Crippen LogP contribution in [0.15, 0.2) is 95.9 Å². The average molecular weight is 484 g/mol. The normalized spacial score (nSPS) is 12.0. The molecule has 2 aromatic heterocycles. The molecule has 1 N–H and O–H groups in total. The molecule has 0 aliphatic heterocycles. The second kappa shape index (κ2) is 10.5. The molecule has 1 atom stereocenters. The van der Waals surface area contributed by atoms with Crippen molar-refractivity contribution in [1.82, 2.24) is 4.98 Å². The number of furan rings is 1. The van der Waals surface area contributed by atoms with Crippen molar-refractivity contribution >= 4 is 23.2 Å². The molecule has 4 aromatic rings. The van der Waals surface area contributed by atoms with Gasteiger partial charge in [-0.15, -0.1) is 0 Å². The molecule has 0 aliphatic rings. The van der Waals surface area contributed by atoms with Crippen LogP contribution in [-0.2, 0) is 10.2 Å². The summed E-state index contributed by atoms with van der Waals surface area (Å²) < 4.78 is 10.6. The lowest BCUT2D eigenvalue weighted by Gasteiger charge is -2.31. The van der Waals surface area contributed by atoms with Crippen LogP contribution in [0.25, 0.3) is 0 Å². The van der Waals surface area contributed by atoms with Gasteiger partial charge in [-0.3, -0.25) is 19.5 Å². The Morgan fingerprint density at radius 3 is 2.25 bits per heavy atom. The molecule has 184 valence electrons. The van der Waals surface area contributed by atoms with Gasteiger partial charge in [0.05, 0.1) is 13.4 Å². The van der Waals surface area contributed by atoms with Crippen molar-refractivity contribution in [3.05, 3.63) is 108 Å². The van der Waals surface area contributed by atoms with Gasteiger partial charge in [-0.2, -0.15) is 0 Å². The standard InChI is InChI=1S/C29H29N3O4/c1-29(2,3)21-9-13-23(14-10-21)32(28(34)25-8-6-18-36-25)26(20-7-5-17-30-19-20)27(33)31-22-11-15-24(35-4)16-12-22/h5-19,26H,1-4H3,(H,31,33). The molecule has 0 spiro atoms. The molecule has 2 amide bonds. The summed E-state index contributed by atoms with van der Waals surface area (Å²) in [5, 5.41) is 2.93. The zero-order valence-electron chi connectivity index (χ0n) is 20.8. The molecule has 0 saturated heterocycles. The zero-order chi connectivity index (χ0) is 25.7. The van der Waals surface area contributed by atoms with Crippen LogP contribution < -0.4 is 15.0 Å². The Hall–Kier alpha value is -4.39. The number of rotatable bonds is 7. The highest BCUT2D eigenvalue weighted by Crippen LogP contribution is 2.32. The fourth-order valence-electron chi connectivity index (χ4n) is 3.86. The highest BCUT2D eigenvalue weighted by molar-refractivity contribution is 6.10. The number of carbonyl (C=O) groups excluding carboxylic acids is 2. The van der Waals surface area contributed by atoms with E-state index in [1.54, 1.807) is 68.0 Å². The van der Waals surface area contributed by atoms with Crippen LogP contribution in [0.1, 0.15) is 48.5 Å². The lowest BCUT2D eigenvalue weighted by Crippen LogP contribution is -2.41. The number of hydrogen-bond donors (Lipinski definition) is 1. The maximum atomic E-state index is 13.8. The Morgan fingerprint density at radius 2 is 1.69 bits per heavy atom. The number of aromatic nitrogens is 1. The third-order valence-corrected chi connectivity index (χ3v) is 5.83. The van der Waals surface area contributed by atoms with Gasteiger partial charge in [-0.05, 0) is 65.6 Å². The van der Waals surface area contributed by atoms with E-state index in [-0.39, 0.29) is 11.2 Å². The minimum Gasteiger partial charge on any atom is -0.497 e. The Balaban J connectivity index is 1.79. The summed E-state index contributed by atoms with van der Waals surface area (Å²) in [6, 6.07) is 20.4. The smallest absolute Gasteiger partial charge is 0.294 e. The first-order chi connectivity index (χ1) is 17.3. The van der Waals surface area contributed by atoms with E-state index in [1.165, 1.54) is 11.2 Å². The van der Waals surface area contributed by atoms with Crippen LogP contribution in [0.3, 0.4) is 0 Å². The van der Waals surface area contributed by atoms with Gasteiger partial charge in [-0.25, -0.2) is 0 Å². The van der Waals surface area contributed by atoms with E-state index in [0.29, 0.717) is 22.7 Å². The van der Waals surface area contributed by atoms with Crippen LogP contribution >= 0.6 is 0 Å². The second-order valence-corrected chi connectivity index (χ2v) is 9.36. The van der Waals surface area contributed by atoms with E-state index in [0.717, 1.165) is 5.56 Å². The van der Waals surface area contributed by atoms with E-state index in [1.807, 2.05) is 24.3 Å². The van der Waals surface area contributed by atoms with Gasteiger partial charge in [0.2, 0.25) is 0 Å². The minimum atomic E-state index is -1.01. The summed E-state index contributed by atoms with van der Waals surface area (Å²) in [5.41, 5.74) is 2.73. The first-order valence-electron chi connectivity index (χ1n) is 11.6. The Kier molecular flexibility index (Phi) is 7.20. The summed E-state index contributed by atoms with van der Waals surface area (Å²) in [6.07, 6.45) is 4.65. The molecule has 0 radical (unpaired) electrons. The van der Waals surface area contributed by atoms with Crippen molar-refractivity contribution in [3.63, 3.8) is 0 Å². The monoisotopic (exact) mass is 483 g/mol. The van der Waals surface area contributed by atoms with Crippen LogP contribution in [-0.4, -0.2) is 23.9 Å². The molecule has 0 saturated carbocycles. The number of benzene rings is 2. The van der Waals surface area contributed by atoms with Gasteiger partial charge >= 0.3 is 0 Å². The van der Waals surface area contributed by atoms with Gasteiger partial charge in [0.25, 0.3) is 11.8 Å². The molecule has 2 aromatic carbocycles. The number of pyridine rings is 1. The largest absolute Gasteiger partial charge is 0.497 e. The van der Waals surface area contributed by atoms with Crippen molar-refractivity contribution < 1.29 is 18.7 Å². The van der Waals surface area contributed by atoms with Crippen molar-refractivity contribution in [1.29, 1.82) is 0 Å². The summed E-state index contributed by atoms with van der Waals surface area (Å²) >= 11 is 0. The van der Waals surface area contributed by atoms with Gasteiger partial charge in [0.1, 0.15) is 11.8 Å². The van der Waals surface area contributed by atoms with Crippen molar-refractivity contribution in [2.75, 3.05) is 17.3 Å². The number of amides is 2. The lowest BCUT2D eigenvalue weighted by molar-refractivity contribution is -0.117. The molecule has 0 bridgehead atoms. The van der Waals surface area contributed by atoms with E-state index < -0.39 is 17.9 Å². The van der Waals surface area contributed by atoms with E-state index in [2.05, 4.69) is 31.1 Å². The number of carbonyl (C=O) groups is 2. The molecule has 7 heteroatoms. The van der Waals surface area contributed by atoms with E-state index in [4.69, 9.17) is 9.15 Å². The Bertz CT molecular complexity index is 1290. The van der Waals surface area contributed by atoms with Crippen molar-refractivity contribution in [2.24, 2.45) is 0 Å². The summed E-state index contributed by atoms with van der Waals surface area (Å²) in [7, 11) is 1.58. The topological polar surface area (TPSA) is 84.7 Å². The van der Waals surface area contributed by atoms with E-state index >= 15 is 0 Å². The van der Waals surface area contributed by atoms with E-state index in [9.17, 15) is 9.59 Å². The third-order valence-electron chi connectivity index (χ3n) is 5.83. The first kappa shape index (κ1) is 24.7. The number of nitrogens with one attached hydrogen (secondary N) is 1. The zero-order valence-corrected chi connectivity index (χ0v) is 20.8. The molecule has 36 heavy (non-hydrogen) atoms. The minimum absolute atomic E-state index is 0.0666. The molecule has 2 heterocycles. The van der Waals surface area contributed by atoms with Crippen LogP contribution in [0.5, 0.6) is 5.75 Å². The van der Waals surface area contributed by atoms with Gasteiger partial charge in [0, 0.05) is 29.3 Å². The maximum absolute atomic E-state index is 13.8. The van der Waals surface area contributed by atoms with Crippen molar-refractivity contribution in [2.45, 2.75) is 32.2 Å². The SMILES string of the molecule is COc1ccc(NC(=O)C(c2cccnc2)N(C(=O)c2ccco2)c2ccc(C(C)(C)C)cc2)cc1. The molecular weight excluding hydrogens is 454 g/mol. The predicted octanol–water partition coefficient (Wildman–Crippen LogP) is 6.01. The van der Waals surface area contributed by atoms with Crippen LogP contribution in [0.2, 0.25) is 0 Å². The Labute approximate surface area is 210 Å². The highest BCUT2D eigenvalue weighted by atomic mass is 16.5. The molecule has 1 unspecified atom stereocenters. The van der Waals surface area contributed by atoms with Gasteiger partial charge in [0.15, 0.2) is 5.76 Å². The third kappa shape index (κ3) is 5.46. The predicted molar refractivity (Wildman–Crippen MR) is 139 cm³/mol. The van der Waals surface area contributed by atoms with Crippen LogP contribution in [0.4, 0.5) is 11.4 Å². The lowest BCUT2D eigenvalue weighted by atomic mass is 9.87. The molecular formula is C29H29N3O4. The first-order valence-corrected chi connectivity index (χ1v) is 11.6. The number of methoxy groups -OCH3 is 1. The number of nitrogens with zero attached hydrogens (tertiary/aromatic N) is 2. The number of ether oxygens (including phenoxy) is 1. The maximum Gasteiger partial charge on any atom is 0.294 e. The Morgan fingerprint density at radius 1 is 0.972 bits per heavy atom. The quantitative estimate of drug-likeness (QED) is 0.348. The summed E-state index contributed by atoms with van der Waals surface area (Å²) in [6.45, 7) is 6.36. The van der Waals surface area contributed by atoms with Gasteiger partial charge in [-0.1, -0.05) is 39.0 Å². The van der Waals surface area contributed by atoms with Crippen molar-refractivity contribution in [3.8, 4) is 5.75 Å². The second-order valence-electron chi connectivity index (χ2n) is 9.36. The van der Waals surface area contributed by atoms with Crippen LogP contribution in [0, 0.1) is 0 Å². The average Bonchev–Trinajstić information content (AvgIpc) is 3.42. The summed E-state index contributed by atoms with van der Waals surface area (Å²) in [5.74, 6) is -0.0402. The molecule has 0 aliphatic carbocycles. The number of anilines is 2.